The van der Waals surface area contributed by atoms with Crippen molar-refractivity contribution >= 4 is 5.97 Å². The summed E-state index contributed by atoms with van der Waals surface area (Å²) >= 11 is 0. The Balaban J connectivity index is 2.28. The fourth-order valence-electron chi connectivity index (χ4n) is 0.694. The number of esters is 1. The molecule has 0 aliphatic heterocycles. The van der Waals surface area contributed by atoms with E-state index in [1.54, 1.807) is 0 Å². The van der Waals surface area contributed by atoms with Gasteiger partial charge in [0.15, 0.2) is 0 Å². The van der Waals surface area contributed by atoms with E-state index in [-0.39, 0.29) is 6.61 Å². The van der Waals surface area contributed by atoms with Crippen molar-refractivity contribution in [3.8, 4) is 0 Å². The predicted octanol–water partition coefficient (Wildman–Crippen LogP) is 0.143. The molecular weight excluding hydrogens is 170 g/mol. The number of aromatic nitrogens is 3. The molecule has 0 saturated carbocycles. The number of carbonyl (C=O) groups excluding carboxylic acids is 1. The number of nitrogens with zero attached hydrogens (tertiary/aromatic N) is 3. The number of ether oxygens (including phenoxy) is 1. The van der Waals surface area contributed by atoms with Gasteiger partial charge in [0.1, 0.15) is 18.5 Å². The highest BCUT2D eigenvalue weighted by molar-refractivity contribution is 5.81. The Morgan fingerprint density at radius 1 is 1.54 bits per heavy atom. The Morgan fingerprint density at radius 3 is 2.85 bits per heavy atom. The number of hydrogen-bond donors (Lipinski definition) is 0. The van der Waals surface area contributed by atoms with Gasteiger partial charge in [0, 0.05) is 12.5 Å². The van der Waals surface area contributed by atoms with Crippen LogP contribution in [0.3, 0.4) is 0 Å². The lowest BCUT2D eigenvalue weighted by Crippen LogP contribution is -2.06. The lowest BCUT2D eigenvalue weighted by atomic mass is 10.4. The second-order valence-corrected chi connectivity index (χ2v) is 2.18. The number of carbonyl (C=O) groups is 1. The maximum absolute atomic E-state index is 10.6. The number of hydrogen-bond acceptors (Lipinski definition) is 5. The maximum atomic E-state index is 10.6. The average Bonchev–Trinajstić information content (AvgIpc) is 2.19. The second kappa shape index (κ2) is 4.97. The van der Waals surface area contributed by atoms with Crippen LogP contribution < -0.4 is 0 Å². The van der Waals surface area contributed by atoms with Gasteiger partial charge in [0.2, 0.25) is 0 Å². The van der Waals surface area contributed by atoms with Crippen LogP contribution in [0, 0.1) is 0 Å². The molecule has 0 aromatic carbocycles. The van der Waals surface area contributed by atoms with E-state index in [2.05, 4.69) is 21.5 Å². The fourth-order valence-corrected chi connectivity index (χ4v) is 0.694. The number of rotatable bonds is 4. The highest BCUT2D eigenvalue weighted by atomic mass is 16.5. The summed E-state index contributed by atoms with van der Waals surface area (Å²) in [5.74, 6) is 0.168. The molecular formula is C8H9N3O2. The van der Waals surface area contributed by atoms with Gasteiger partial charge in [-0.05, 0) is 0 Å². The first kappa shape index (κ1) is 9.31. The maximum Gasteiger partial charge on any atom is 0.330 e. The molecule has 0 atom stereocenters. The molecule has 0 unspecified atom stereocenters. The Morgan fingerprint density at radius 2 is 2.23 bits per heavy atom. The predicted molar refractivity (Wildman–Crippen MR) is 44.7 cm³/mol. The van der Waals surface area contributed by atoms with E-state index in [9.17, 15) is 4.79 Å². The zero-order valence-electron chi connectivity index (χ0n) is 7.01. The Labute approximate surface area is 75.5 Å². The van der Waals surface area contributed by atoms with E-state index in [1.807, 2.05) is 0 Å². The summed E-state index contributed by atoms with van der Waals surface area (Å²) < 4.78 is 4.74. The van der Waals surface area contributed by atoms with Crippen LogP contribution >= 0.6 is 0 Å². The van der Waals surface area contributed by atoms with E-state index in [0.29, 0.717) is 12.2 Å². The molecule has 0 aliphatic carbocycles. The molecule has 0 radical (unpaired) electrons. The van der Waals surface area contributed by atoms with Crippen molar-refractivity contribution in [2.45, 2.75) is 6.42 Å². The van der Waals surface area contributed by atoms with Crippen molar-refractivity contribution < 1.29 is 9.53 Å². The Bertz CT molecular complexity index is 287. The molecule has 0 fully saturated rings. The van der Waals surface area contributed by atoms with Gasteiger partial charge in [-0.15, -0.1) is 0 Å². The minimum Gasteiger partial charge on any atom is -0.462 e. The zero-order valence-corrected chi connectivity index (χ0v) is 7.01. The third-order valence-corrected chi connectivity index (χ3v) is 1.28. The van der Waals surface area contributed by atoms with Crippen LogP contribution in [0.25, 0.3) is 0 Å². The van der Waals surface area contributed by atoms with Gasteiger partial charge in [0.05, 0.1) is 6.61 Å². The van der Waals surface area contributed by atoms with E-state index < -0.39 is 5.97 Å². The van der Waals surface area contributed by atoms with Crippen LogP contribution in [0.5, 0.6) is 0 Å². The summed E-state index contributed by atoms with van der Waals surface area (Å²) in [5, 5.41) is 0. The lowest BCUT2D eigenvalue weighted by molar-refractivity contribution is -0.137. The van der Waals surface area contributed by atoms with Gasteiger partial charge >= 0.3 is 5.97 Å². The fraction of sp³-hybridized carbons (Fsp3) is 0.250. The minimum atomic E-state index is -0.436. The summed E-state index contributed by atoms with van der Waals surface area (Å²) in [6.45, 7) is 3.53. The molecule has 0 N–H and O–H groups in total. The van der Waals surface area contributed by atoms with Crippen LogP contribution in [0.1, 0.15) is 5.82 Å². The molecule has 1 heterocycles. The van der Waals surface area contributed by atoms with Crippen molar-refractivity contribution in [2.24, 2.45) is 0 Å². The molecule has 0 saturated heterocycles. The van der Waals surface area contributed by atoms with E-state index in [1.165, 1.54) is 12.7 Å². The van der Waals surface area contributed by atoms with E-state index in [0.717, 1.165) is 6.08 Å². The quantitative estimate of drug-likeness (QED) is 0.486. The molecule has 0 amide bonds. The average molecular weight is 179 g/mol. The molecule has 1 aromatic heterocycles. The third kappa shape index (κ3) is 3.42. The van der Waals surface area contributed by atoms with Gasteiger partial charge in [-0.25, -0.2) is 19.7 Å². The monoisotopic (exact) mass is 179 g/mol. The molecule has 68 valence electrons. The summed E-state index contributed by atoms with van der Waals surface area (Å²) in [4.78, 5) is 22.0. The van der Waals surface area contributed by atoms with Crippen molar-refractivity contribution in [2.75, 3.05) is 6.61 Å². The molecule has 5 heteroatoms. The van der Waals surface area contributed by atoms with Gasteiger partial charge < -0.3 is 4.74 Å². The highest BCUT2D eigenvalue weighted by Gasteiger charge is 1.98. The first-order chi connectivity index (χ1) is 6.33. The summed E-state index contributed by atoms with van der Waals surface area (Å²) in [6, 6.07) is 0. The molecule has 0 bridgehead atoms. The van der Waals surface area contributed by atoms with Crippen LogP contribution in [0.2, 0.25) is 0 Å². The Hall–Kier alpha value is -1.78. The second-order valence-electron chi connectivity index (χ2n) is 2.18. The molecule has 1 rings (SSSR count). The van der Waals surface area contributed by atoms with Crippen LogP contribution in [-0.4, -0.2) is 27.5 Å². The summed E-state index contributed by atoms with van der Waals surface area (Å²) in [7, 11) is 0. The molecule has 0 spiro atoms. The van der Waals surface area contributed by atoms with Gasteiger partial charge in [0.25, 0.3) is 0 Å². The largest absolute Gasteiger partial charge is 0.462 e. The smallest absolute Gasteiger partial charge is 0.330 e. The first-order valence-corrected chi connectivity index (χ1v) is 3.73. The van der Waals surface area contributed by atoms with Crippen molar-refractivity contribution in [3.05, 3.63) is 31.1 Å². The van der Waals surface area contributed by atoms with Gasteiger partial charge in [-0.1, -0.05) is 6.58 Å². The van der Waals surface area contributed by atoms with E-state index >= 15 is 0 Å². The highest BCUT2D eigenvalue weighted by Crippen LogP contribution is 1.89. The zero-order chi connectivity index (χ0) is 9.52. The third-order valence-electron chi connectivity index (χ3n) is 1.28. The summed E-state index contributed by atoms with van der Waals surface area (Å²) in [5.41, 5.74) is 0. The van der Waals surface area contributed by atoms with Crippen molar-refractivity contribution in [3.63, 3.8) is 0 Å². The van der Waals surface area contributed by atoms with Crippen molar-refractivity contribution in [1.82, 2.24) is 15.0 Å². The molecule has 0 aliphatic rings. The lowest BCUT2D eigenvalue weighted by Gasteiger charge is -1.99. The molecule has 1 aromatic rings. The van der Waals surface area contributed by atoms with Gasteiger partial charge in [-0.2, -0.15) is 0 Å². The normalized spacial score (nSPS) is 9.23. The molecule has 5 nitrogen and oxygen atoms in total. The van der Waals surface area contributed by atoms with Crippen LogP contribution in [-0.2, 0) is 16.0 Å². The SMILES string of the molecule is C=CC(=O)OCCc1ncncn1. The molecule has 13 heavy (non-hydrogen) atoms. The van der Waals surface area contributed by atoms with Crippen LogP contribution in [0.4, 0.5) is 0 Å². The Kier molecular flexibility index (Phi) is 3.56. The minimum absolute atomic E-state index is 0.259. The van der Waals surface area contributed by atoms with Crippen LogP contribution in [0.15, 0.2) is 25.3 Å². The van der Waals surface area contributed by atoms with E-state index in [4.69, 9.17) is 4.74 Å². The van der Waals surface area contributed by atoms with Gasteiger partial charge in [-0.3, -0.25) is 0 Å². The standard InChI is InChI=1S/C8H9N3O2/c1-2-8(12)13-4-3-7-10-5-9-6-11-7/h2,5-6H,1,3-4H2. The summed E-state index contributed by atoms with van der Waals surface area (Å²) in [6.07, 6.45) is 4.41. The topological polar surface area (TPSA) is 65.0 Å². The van der Waals surface area contributed by atoms with Crippen molar-refractivity contribution in [1.29, 1.82) is 0 Å². The first-order valence-electron chi connectivity index (χ1n) is 3.73.